The summed E-state index contributed by atoms with van der Waals surface area (Å²) in [5.41, 5.74) is 1.47. The normalized spacial score (nSPS) is 58.4. The predicted octanol–water partition coefficient (Wildman–Crippen LogP) is 0.0935. The molecule has 10 N–H and O–H groups in total. The second kappa shape index (κ2) is 20.1. The molecule has 71 heavy (non-hydrogen) atoms. The van der Waals surface area contributed by atoms with Crippen LogP contribution in [0, 0.1) is 46.3 Å². The fourth-order valence-electron chi connectivity index (χ4n) is 15.4. The van der Waals surface area contributed by atoms with Gasteiger partial charge in [0.1, 0.15) is 79.4 Å². The summed E-state index contributed by atoms with van der Waals surface area (Å²) in [7, 11) is 0. The molecule has 0 aromatic carbocycles. The van der Waals surface area contributed by atoms with Crippen molar-refractivity contribution in [1.82, 2.24) is 0 Å². The number of hydrogen-bond acceptors (Lipinski definition) is 20. The monoisotopic (exact) mass is 1010 g/mol. The second-order valence-corrected chi connectivity index (χ2v) is 23.8. The molecule has 0 amide bonds. The van der Waals surface area contributed by atoms with E-state index in [4.69, 9.17) is 47.4 Å². The lowest BCUT2D eigenvalue weighted by molar-refractivity contribution is -0.393. The van der Waals surface area contributed by atoms with Gasteiger partial charge in [0.25, 0.3) is 0 Å². The topological polar surface area (TPSA) is 295 Å². The zero-order chi connectivity index (χ0) is 50.8. The summed E-state index contributed by atoms with van der Waals surface area (Å²) in [6, 6.07) is 0. The van der Waals surface area contributed by atoms with Crippen molar-refractivity contribution in [3.05, 3.63) is 11.6 Å². The highest BCUT2D eigenvalue weighted by molar-refractivity contribution is 5.26. The number of aliphatic hydroxyl groups excluding tert-OH is 10. The number of allylic oxidation sites excluding steroid dienone is 1. The lowest BCUT2D eigenvalue weighted by Crippen LogP contribution is -2.67. The lowest BCUT2D eigenvalue weighted by Gasteiger charge is -2.58. The summed E-state index contributed by atoms with van der Waals surface area (Å²) < 4.78 is 62.4. The molecule has 0 aromatic rings. The molecule has 0 aromatic heterocycles. The summed E-state index contributed by atoms with van der Waals surface area (Å²) in [6.45, 7) is 14.2. The van der Waals surface area contributed by atoms with Crippen molar-refractivity contribution >= 4 is 0 Å². The third kappa shape index (κ3) is 9.03. The zero-order valence-corrected chi connectivity index (χ0v) is 42.1. The Hall–Kier alpha value is -1.06. The van der Waals surface area contributed by atoms with Crippen LogP contribution >= 0.6 is 0 Å². The Bertz CT molecular complexity index is 1890. The maximum Gasteiger partial charge on any atom is 0.187 e. The van der Waals surface area contributed by atoms with E-state index in [0.29, 0.717) is 48.3 Å². The molecule has 406 valence electrons. The highest BCUT2D eigenvalue weighted by atomic mass is 16.8. The Morgan fingerprint density at radius 3 is 1.92 bits per heavy atom. The SMILES string of the molecule is CC1CCC2(OC1)OC1CC3C4CC=C5CC(OC6OC(C)C(OC7OC(C)C(O)C(OC8OC(C)C(O)C(O)C8O)C7O)C(O)C6OC6OC(CO)C(O)C(O)C6O)CCC5(C)C4CCC3(C)C1C2C. The number of rotatable bonds is 9. The van der Waals surface area contributed by atoms with E-state index in [1.54, 1.807) is 6.92 Å². The van der Waals surface area contributed by atoms with Crippen LogP contribution in [-0.2, 0) is 47.4 Å². The molecule has 20 nitrogen and oxygen atoms in total. The smallest absolute Gasteiger partial charge is 0.187 e. The maximum atomic E-state index is 12.3. The van der Waals surface area contributed by atoms with E-state index in [2.05, 4.69) is 33.8 Å². The van der Waals surface area contributed by atoms with Crippen LogP contribution in [0.2, 0.25) is 0 Å². The van der Waals surface area contributed by atoms with Gasteiger partial charge in [0.05, 0.1) is 43.7 Å². The molecular formula is C51H82O20. The van der Waals surface area contributed by atoms with E-state index in [9.17, 15) is 51.1 Å². The van der Waals surface area contributed by atoms with E-state index in [1.165, 1.54) is 19.4 Å². The molecule has 6 saturated heterocycles. The Kier molecular flexibility index (Phi) is 15.1. The molecule has 10 rings (SSSR count). The number of aliphatic hydroxyl groups is 10. The van der Waals surface area contributed by atoms with Crippen molar-refractivity contribution < 1.29 is 98.4 Å². The minimum Gasteiger partial charge on any atom is -0.394 e. The molecule has 0 bridgehead atoms. The van der Waals surface area contributed by atoms with Gasteiger partial charge >= 0.3 is 0 Å². The van der Waals surface area contributed by atoms with Crippen LogP contribution in [0.5, 0.6) is 0 Å². The predicted molar refractivity (Wildman–Crippen MR) is 244 cm³/mol. The number of fused-ring (bicyclic) bond motifs is 7. The molecular weight excluding hydrogens is 933 g/mol. The van der Waals surface area contributed by atoms with Crippen molar-refractivity contribution in [3.63, 3.8) is 0 Å². The van der Waals surface area contributed by atoms with E-state index < -0.39 is 135 Å². The standard InChI is InChI=1S/C51H82O20/c1-20-10-15-51(62-19-20)21(2)32-30(71-51)17-29-27-9-8-25-16-26(11-13-49(25,6)28(27)12-14-50(29,32)7)66-48-44(70-46-39(59)37(57)35(55)31(18-52)67-46)40(60)42(24(5)65-48)68-47-41(61)43(34(54)23(4)64-47)69-45-38(58)36(56)33(53)22(3)63-45/h8,20-24,26-48,52-61H,9-19H2,1-7H3. The summed E-state index contributed by atoms with van der Waals surface area (Å²) in [6.07, 6.45) is -18.9. The van der Waals surface area contributed by atoms with Gasteiger partial charge in [-0.1, -0.05) is 39.3 Å². The summed E-state index contributed by atoms with van der Waals surface area (Å²) in [5.74, 6) is 2.50. The van der Waals surface area contributed by atoms with E-state index in [-0.39, 0.29) is 23.0 Å². The molecule has 6 aliphatic heterocycles. The van der Waals surface area contributed by atoms with E-state index >= 15 is 0 Å². The van der Waals surface area contributed by atoms with Gasteiger partial charge in [-0.15, -0.1) is 0 Å². The van der Waals surface area contributed by atoms with Gasteiger partial charge in [-0.2, -0.15) is 0 Å². The molecule has 10 aliphatic rings. The van der Waals surface area contributed by atoms with Gasteiger partial charge in [0.2, 0.25) is 0 Å². The second-order valence-electron chi connectivity index (χ2n) is 23.8. The van der Waals surface area contributed by atoms with E-state index in [1.807, 2.05) is 0 Å². The average molecular weight is 1020 g/mol. The van der Waals surface area contributed by atoms with Gasteiger partial charge in [0, 0.05) is 12.3 Å². The van der Waals surface area contributed by atoms with Crippen LogP contribution in [0.15, 0.2) is 11.6 Å². The highest BCUT2D eigenvalue weighted by Crippen LogP contribution is 2.71. The highest BCUT2D eigenvalue weighted by Gasteiger charge is 2.69. The minimum absolute atomic E-state index is 0.0445. The molecule has 31 atom stereocenters. The largest absolute Gasteiger partial charge is 0.394 e. The first-order valence-electron chi connectivity index (χ1n) is 26.6. The first kappa shape index (κ1) is 53.3. The van der Waals surface area contributed by atoms with Crippen molar-refractivity contribution in [3.8, 4) is 0 Å². The van der Waals surface area contributed by atoms with Gasteiger partial charge in [-0.3, -0.25) is 0 Å². The summed E-state index contributed by atoms with van der Waals surface area (Å²) in [4.78, 5) is 0. The molecule has 0 radical (unpaired) electrons. The molecule has 9 fully saturated rings. The maximum absolute atomic E-state index is 12.3. The lowest BCUT2D eigenvalue weighted by atomic mass is 9.47. The van der Waals surface area contributed by atoms with Crippen molar-refractivity contribution in [1.29, 1.82) is 0 Å². The molecule has 20 heteroatoms. The molecule has 1 spiro atoms. The van der Waals surface area contributed by atoms with Crippen LogP contribution in [0.4, 0.5) is 0 Å². The van der Waals surface area contributed by atoms with Crippen molar-refractivity contribution in [2.75, 3.05) is 13.2 Å². The van der Waals surface area contributed by atoms with Gasteiger partial charge in [0.15, 0.2) is 30.9 Å². The van der Waals surface area contributed by atoms with Crippen LogP contribution < -0.4 is 0 Å². The number of hydrogen-bond donors (Lipinski definition) is 10. The van der Waals surface area contributed by atoms with E-state index in [0.717, 1.165) is 51.6 Å². The van der Waals surface area contributed by atoms with Gasteiger partial charge in [-0.25, -0.2) is 0 Å². The Morgan fingerprint density at radius 2 is 1.23 bits per heavy atom. The molecule has 31 unspecified atom stereocenters. The molecule has 3 saturated carbocycles. The fraction of sp³-hybridized carbons (Fsp3) is 0.961. The summed E-state index contributed by atoms with van der Waals surface area (Å²) in [5, 5.41) is 109. The van der Waals surface area contributed by atoms with Gasteiger partial charge in [-0.05, 0) is 113 Å². The number of ether oxygens (including phenoxy) is 10. The van der Waals surface area contributed by atoms with Crippen LogP contribution in [0.3, 0.4) is 0 Å². The zero-order valence-electron chi connectivity index (χ0n) is 42.1. The molecule has 6 heterocycles. The van der Waals surface area contributed by atoms with Gasteiger partial charge < -0.3 is 98.4 Å². The first-order chi connectivity index (χ1) is 33.6. The Balaban J connectivity index is 0.845. The Labute approximate surface area is 415 Å². The first-order valence-corrected chi connectivity index (χ1v) is 26.6. The van der Waals surface area contributed by atoms with Crippen LogP contribution in [-0.4, -0.2) is 205 Å². The quantitative estimate of drug-likeness (QED) is 0.137. The summed E-state index contributed by atoms with van der Waals surface area (Å²) >= 11 is 0. The van der Waals surface area contributed by atoms with Crippen LogP contribution in [0.25, 0.3) is 0 Å². The molecule has 4 aliphatic carbocycles. The van der Waals surface area contributed by atoms with Crippen molar-refractivity contribution in [2.45, 2.75) is 247 Å². The average Bonchev–Trinajstić information content (AvgIpc) is 3.79. The fourth-order valence-corrected chi connectivity index (χ4v) is 15.4. The van der Waals surface area contributed by atoms with Crippen molar-refractivity contribution in [2.24, 2.45) is 46.3 Å². The minimum atomic E-state index is -1.82. The third-order valence-corrected chi connectivity index (χ3v) is 19.7. The Morgan fingerprint density at radius 1 is 0.592 bits per heavy atom. The third-order valence-electron chi connectivity index (χ3n) is 19.7. The van der Waals surface area contributed by atoms with Crippen LogP contribution in [0.1, 0.15) is 106 Å².